The third kappa shape index (κ3) is 2.23. The third-order valence-corrected chi connectivity index (χ3v) is 2.22. The number of aromatic amines is 1. The molecule has 0 spiro atoms. The maximum Gasteiger partial charge on any atom is 0.126 e. The lowest BCUT2D eigenvalue weighted by molar-refractivity contribution is 0.917. The van der Waals surface area contributed by atoms with E-state index in [-0.39, 0.29) is 0 Å². The van der Waals surface area contributed by atoms with Crippen LogP contribution < -0.4 is 4.90 Å². The van der Waals surface area contributed by atoms with Crippen LogP contribution in [0.25, 0.3) is 0 Å². The molecule has 0 unspecified atom stereocenters. The number of nitrogens with one attached hydrogen (secondary N) is 1. The molecule has 1 aromatic rings. The van der Waals surface area contributed by atoms with E-state index in [4.69, 9.17) is 0 Å². The summed E-state index contributed by atoms with van der Waals surface area (Å²) in [5, 5.41) is 7.02. The molecule has 3 nitrogen and oxygen atoms in total. The molecule has 1 aromatic heterocycles. The van der Waals surface area contributed by atoms with Crippen LogP contribution in [0.5, 0.6) is 0 Å². The second-order valence-electron chi connectivity index (χ2n) is 3.10. The van der Waals surface area contributed by atoms with E-state index in [0.717, 1.165) is 0 Å². The number of hydrogen-bond donors (Lipinski definition) is 1. The van der Waals surface area contributed by atoms with Gasteiger partial charge in [-0.3, -0.25) is 5.10 Å². The van der Waals surface area contributed by atoms with Crippen molar-refractivity contribution in [1.82, 2.24) is 10.2 Å². The number of H-pyrrole nitrogens is 1. The predicted octanol–water partition coefficient (Wildman–Crippen LogP) is 2.34. The lowest BCUT2D eigenvalue weighted by atomic mass is 10.3. The van der Waals surface area contributed by atoms with Crippen LogP contribution in [0.2, 0.25) is 0 Å². The second kappa shape index (κ2) is 4.90. The molecule has 1 aliphatic rings. The lowest BCUT2D eigenvalue weighted by Crippen LogP contribution is -2.18. The van der Waals surface area contributed by atoms with E-state index in [9.17, 15) is 0 Å². The summed E-state index contributed by atoms with van der Waals surface area (Å²) < 4.78 is 0. The smallest absolute Gasteiger partial charge is 0.126 e. The predicted molar refractivity (Wildman–Crippen MR) is 56.1 cm³/mol. The van der Waals surface area contributed by atoms with Gasteiger partial charge in [0, 0.05) is 18.7 Å². The van der Waals surface area contributed by atoms with Crippen molar-refractivity contribution in [2.24, 2.45) is 0 Å². The summed E-state index contributed by atoms with van der Waals surface area (Å²) in [7, 11) is 0. The molecule has 0 atom stereocenters. The molecule has 3 heteroatoms. The fraction of sp³-hybridized carbons (Fsp3) is 0.700. The number of anilines is 1. The Kier molecular flexibility index (Phi) is 3.80. The largest absolute Gasteiger partial charge is 0.357 e. The van der Waals surface area contributed by atoms with Crippen molar-refractivity contribution in [3.05, 3.63) is 11.8 Å². The minimum absolute atomic E-state index is 1.18. The van der Waals surface area contributed by atoms with Gasteiger partial charge in [0.05, 0.1) is 6.20 Å². The van der Waals surface area contributed by atoms with Crippen molar-refractivity contribution < 1.29 is 0 Å². The summed E-state index contributed by atoms with van der Waals surface area (Å²) in [4.78, 5) is 2.36. The molecule has 1 fully saturated rings. The molecular formula is C10H19N3. The summed E-state index contributed by atoms with van der Waals surface area (Å²) in [6.07, 6.45) is 4.52. The van der Waals surface area contributed by atoms with Gasteiger partial charge in [-0.15, -0.1) is 0 Å². The molecule has 0 aromatic carbocycles. The molecular weight excluding hydrogens is 162 g/mol. The van der Waals surface area contributed by atoms with Gasteiger partial charge in [0.2, 0.25) is 0 Å². The van der Waals surface area contributed by atoms with Crippen molar-refractivity contribution in [1.29, 1.82) is 0 Å². The molecule has 0 amide bonds. The highest BCUT2D eigenvalue weighted by atomic mass is 15.3. The van der Waals surface area contributed by atoms with Gasteiger partial charge in [-0.25, -0.2) is 0 Å². The van der Waals surface area contributed by atoms with Gasteiger partial charge in [-0.1, -0.05) is 13.8 Å². The molecule has 0 radical (unpaired) electrons. The highest BCUT2D eigenvalue weighted by Crippen LogP contribution is 2.20. The Morgan fingerprint density at radius 1 is 1.31 bits per heavy atom. The second-order valence-corrected chi connectivity index (χ2v) is 3.10. The standard InChI is InChI=1S/C8H13N3.C2H6/c1-7-6-9-10-8(7)11-4-2-3-5-11;1-2/h6H,2-5H2,1H3,(H,9,10);1-2H3. The Labute approximate surface area is 80.1 Å². The number of nitrogens with zero attached hydrogens (tertiary/aromatic N) is 2. The molecule has 0 bridgehead atoms. The number of aromatic nitrogens is 2. The van der Waals surface area contributed by atoms with Gasteiger partial charge in [0.15, 0.2) is 0 Å². The molecule has 1 saturated heterocycles. The van der Waals surface area contributed by atoms with Crippen LogP contribution >= 0.6 is 0 Å². The van der Waals surface area contributed by atoms with Crippen molar-refractivity contribution in [2.45, 2.75) is 33.6 Å². The molecule has 1 aliphatic heterocycles. The first kappa shape index (κ1) is 10.1. The molecule has 74 valence electrons. The highest BCUT2D eigenvalue weighted by molar-refractivity contribution is 5.45. The molecule has 1 N–H and O–H groups in total. The first-order chi connectivity index (χ1) is 6.38. The third-order valence-electron chi connectivity index (χ3n) is 2.22. The summed E-state index contributed by atoms with van der Waals surface area (Å²) in [6, 6.07) is 0. The highest BCUT2D eigenvalue weighted by Gasteiger charge is 2.14. The van der Waals surface area contributed by atoms with Crippen LogP contribution in [0.1, 0.15) is 32.3 Å². The zero-order chi connectivity index (χ0) is 9.68. The van der Waals surface area contributed by atoms with E-state index in [2.05, 4.69) is 22.0 Å². The number of hydrogen-bond acceptors (Lipinski definition) is 2. The van der Waals surface area contributed by atoms with E-state index in [1.165, 1.54) is 37.3 Å². The topological polar surface area (TPSA) is 31.9 Å². The molecule has 2 heterocycles. The summed E-state index contributed by atoms with van der Waals surface area (Å²) in [6.45, 7) is 8.46. The van der Waals surface area contributed by atoms with Crippen molar-refractivity contribution in [3.63, 3.8) is 0 Å². The summed E-state index contributed by atoms with van der Waals surface area (Å²) in [5.41, 5.74) is 1.26. The quantitative estimate of drug-likeness (QED) is 0.721. The van der Waals surface area contributed by atoms with Crippen LogP contribution in [0.15, 0.2) is 6.20 Å². The monoisotopic (exact) mass is 181 g/mol. The minimum atomic E-state index is 1.18. The SMILES string of the molecule is CC.Cc1cn[nH]c1N1CCCC1. The fourth-order valence-corrected chi connectivity index (χ4v) is 1.60. The zero-order valence-corrected chi connectivity index (χ0v) is 8.80. The van der Waals surface area contributed by atoms with Gasteiger partial charge in [-0.2, -0.15) is 5.10 Å². The molecule has 2 rings (SSSR count). The average molecular weight is 181 g/mol. The van der Waals surface area contributed by atoms with Crippen molar-refractivity contribution >= 4 is 5.82 Å². The Morgan fingerprint density at radius 2 is 1.92 bits per heavy atom. The summed E-state index contributed by atoms with van der Waals surface area (Å²) in [5.74, 6) is 1.21. The minimum Gasteiger partial charge on any atom is -0.357 e. The fourth-order valence-electron chi connectivity index (χ4n) is 1.60. The van der Waals surface area contributed by atoms with E-state index in [1.807, 2.05) is 20.0 Å². The van der Waals surface area contributed by atoms with Gasteiger partial charge in [0.25, 0.3) is 0 Å². The van der Waals surface area contributed by atoms with Crippen LogP contribution in [0, 0.1) is 6.92 Å². The van der Waals surface area contributed by atoms with E-state index in [0.29, 0.717) is 0 Å². The maximum atomic E-state index is 4.00. The summed E-state index contributed by atoms with van der Waals surface area (Å²) >= 11 is 0. The first-order valence-corrected chi connectivity index (χ1v) is 5.13. The normalized spacial score (nSPS) is 15.5. The van der Waals surface area contributed by atoms with Crippen LogP contribution in [0.4, 0.5) is 5.82 Å². The van der Waals surface area contributed by atoms with Crippen molar-refractivity contribution in [2.75, 3.05) is 18.0 Å². The molecule has 0 saturated carbocycles. The average Bonchev–Trinajstić information content (AvgIpc) is 2.77. The van der Waals surface area contributed by atoms with Gasteiger partial charge in [0.1, 0.15) is 5.82 Å². The van der Waals surface area contributed by atoms with Gasteiger partial charge >= 0.3 is 0 Å². The molecule has 13 heavy (non-hydrogen) atoms. The van der Waals surface area contributed by atoms with Crippen LogP contribution in [-0.4, -0.2) is 23.3 Å². The van der Waals surface area contributed by atoms with Gasteiger partial charge < -0.3 is 4.90 Å². The van der Waals surface area contributed by atoms with Crippen LogP contribution in [0.3, 0.4) is 0 Å². The first-order valence-electron chi connectivity index (χ1n) is 5.13. The van der Waals surface area contributed by atoms with Crippen molar-refractivity contribution in [3.8, 4) is 0 Å². The Morgan fingerprint density at radius 3 is 2.38 bits per heavy atom. The number of aryl methyl sites for hydroxylation is 1. The van der Waals surface area contributed by atoms with E-state index >= 15 is 0 Å². The van der Waals surface area contributed by atoms with E-state index in [1.54, 1.807) is 0 Å². The van der Waals surface area contributed by atoms with Crippen LogP contribution in [-0.2, 0) is 0 Å². The Balaban J connectivity index is 0.000000396. The zero-order valence-electron chi connectivity index (χ0n) is 8.80. The maximum absolute atomic E-state index is 4.00. The van der Waals surface area contributed by atoms with E-state index < -0.39 is 0 Å². The Bertz CT molecular complexity index is 236. The lowest BCUT2D eigenvalue weighted by Gasteiger charge is -2.15. The molecule has 0 aliphatic carbocycles. The Hall–Kier alpha value is -0.990. The number of rotatable bonds is 1. The van der Waals surface area contributed by atoms with Gasteiger partial charge in [-0.05, 0) is 19.8 Å².